The van der Waals surface area contributed by atoms with E-state index in [2.05, 4.69) is 28.5 Å². The van der Waals surface area contributed by atoms with Crippen LogP contribution in [0.2, 0.25) is 0 Å². The first-order valence-corrected chi connectivity index (χ1v) is 8.15. The average Bonchev–Trinajstić information content (AvgIpc) is 2.89. The van der Waals surface area contributed by atoms with Gasteiger partial charge in [0.2, 0.25) is 0 Å². The van der Waals surface area contributed by atoms with Gasteiger partial charge in [-0.3, -0.25) is 0 Å². The number of hydrogen-bond acceptors (Lipinski definition) is 4. The third kappa shape index (κ3) is 2.36. The summed E-state index contributed by atoms with van der Waals surface area (Å²) in [4.78, 5) is 4.65. The van der Waals surface area contributed by atoms with Crippen LogP contribution in [0.5, 0.6) is 0 Å². The lowest BCUT2D eigenvalue weighted by atomic mass is 9.90. The van der Waals surface area contributed by atoms with Crippen molar-refractivity contribution in [1.29, 1.82) is 0 Å². The maximum absolute atomic E-state index is 5.84. The maximum atomic E-state index is 5.84. The van der Waals surface area contributed by atoms with Gasteiger partial charge in [0.05, 0.1) is 10.2 Å². The van der Waals surface area contributed by atoms with E-state index in [0.717, 1.165) is 27.5 Å². The van der Waals surface area contributed by atoms with Crippen molar-refractivity contribution in [3.8, 4) is 0 Å². The standard InChI is InChI=1S/C17H17N3S/c18-12-8-9-15-16(10-12)21-17(20-15)19-14-7-3-5-11-4-1-2-6-13(11)14/h3,5,7-10H,1-2,4,6,18H2,(H,19,20). The predicted molar refractivity (Wildman–Crippen MR) is 90.4 cm³/mol. The molecule has 4 rings (SSSR count). The zero-order chi connectivity index (χ0) is 14.2. The SMILES string of the molecule is Nc1ccc2nc(Nc3cccc4c3CCCC4)sc2c1. The van der Waals surface area contributed by atoms with E-state index in [1.54, 1.807) is 11.3 Å². The molecule has 1 aromatic heterocycles. The van der Waals surface area contributed by atoms with E-state index in [-0.39, 0.29) is 0 Å². The summed E-state index contributed by atoms with van der Waals surface area (Å²) in [6, 6.07) is 12.4. The number of hydrogen-bond donors (Lipinski definition) is 2. The Hall–Kier alpha value is -2.07. The van der Waals surface area contributed by atoms with Crippen molar-refractivity contribution in [2.45, 2.75) is 25.7 Å². The van der Waals surface area contributed by atoms with E-state index in [9.17, 15) is 0 Å². The highest BCUT2D eigenvalue weighted by Gasteiger charge is 2.14. The fraction of sp³-hybridized carbons (Fsp3) is 0.235. The van der Waals surface area contributed by atoms with Gasteiger partial charge in [-0.1, -0.05) is 23.5 Å². The van der Waals surface area contributed by atoms with E-state index in [0.29, 0.717) is 0 Å². The number of benzene rings is 2. The quantitative estimate of drug-likeness (QED) is 0.684. The second kappa shape index (κ2) is 5.04. The van der Waals surface area contributed by atoms with Gasteiger partial charge in [0.15, 0.2) is 5.13 Å². The highest BCUT2D eigenvalue weighted by atomic mass is 32.1. The van der Waals surface area contributed by atoms with Gasteiger partial charge >= 0.3 is 0 Å². The number of aromatic nitrogens is 1. The molecule has 0 fully saturated rings. The van der Waals surface area contributed by atoms with Crippen LogP contribution in [0.15, 0.2) is 36.4 Å². The van der Waals surface area contributed by atoms with Gasteiger partial charge in [-0.05, 0) is 61.1 Å². The van der Waals surface area contributed by atoms with Crippen molar-refractivity contribution in [2.24, 2.45) is 0 Å². The summed E-state index contributed by atoms with van der Waals surface area (Å²) in [5.41, 5.74) is 11.8. The van der Waals surface area contributed by atoms with Crippen LogP contribution < -0.4 is 11.1 Å². The van der Waals surface area contributed by atoms with E-state index < -0.39 is 0 Å². The van der Waals surface area contributed by atoms with Crippen LogP contribution in [0.3, 0.4) is 0 Å². The van der Waals surface area contributed by atoms with Gasteiger partial charge in [-0.2, -0.15) is 0 Å². The number of nitrogens with one attached hydrogen (secondary N) is 1. The first kappa shape index (κ1) is 12.7. The molecule has 0 saturated heterocycles. The molecule has 0 bridgehead atoms. The number of nitrogen functional groups attached to an aromatic ring is 1. The molecule has 0 unspecified atom stereocenters. The molecule has 2 aromatic carbocycles. The molecule has 0 amide bonds. The van der Waals surface area contributed by atoms with Crippen LogP contribution in [-0.2, 0) is 12.8 Å². The number of rotatable bonds is 2. The van der Waals surface area contributed by atoms with Crippen molar-refractivity contribution in [3.63, 3.8) is 0 Å². The molecule has 1 aliphatic rings. The second-order valence-electron chi connectivity index (χ2n) is 5.52. The fourth-order valence-corrected chi connectivity index (χ4v) is 3.93. The lowest BCUT2D eigenvalue weighted by molar-refractivity contribution is 0.687. The molecule has 0 atom stereocenters. The highest BCUT2D eigenvalue weighted by Crippen LogP contribution is 2.33. The Kier molecular flexibility index (Phi) is 3.04. The minimum atomic E-state index is 0.787. The van der Waals surface area contributed by atoms with Crippen molar-refractivity contribution < 1.29 is 0 Å². The third-order valence-corrected chi connectivity index (χ3v) is 4.98. The number of anilines is 3. The molecule has 4 heteroatoms. The van der Waals surface area contributed by atoms with E-state index in [4.69, 9.17) is 5.73 Å². The molecule has 0 radical (unpaired) electrons. The van der Waals surface area contributed by atoms with Crippen LogP contribution >= 0.6 is 11.3 Å². The molecule has 3 aromatic rings. The second-order valence-corrected chi connectivity index (χ2v) is 6.55. The lowest BCUT2D eigenvalue weighted by Gasteiger charge is -2.19. The molecular weight excluding hydrogens is 278 g/mol. The van der Waals surface area contributed by atoms with E-state index in [1.165, 1.54) is 36.1 Å². The topological polar surface area (TPSA) is 50.9 Å². The largest absolute Gasteiger partial charge is 0.399 e. The number of fused-ring (bicyclic) bond motifs is 2. The van der Waals surface area contributed by atoms with Crippen LogP contribution in [0.1, 0.15) is 24.0 Å². The van der Waals surface area contributed by atoms with Crippen LogP contribution in [0.25, 0.3) is 10.2 Å². The maximum Gasteiger partial charge on any atom is 0.188 e. The number of aryl methyl sites for hydroxylation is 1. The molecule has 1 heterocycles. The predicted octanol–water partition coefficient (Wildman–Crippen LogP) is 4.50. The molecule has 0 saturated carbocycles. The summed E-state index contributed by atoms with van der Waals surface area (Å²) >= 11 is 1.65. The van der Waals surface area contributed by atoms with Crippen molar-refractivity contribution in [3.05, 3.63) is 47.5 Å². The first-order valence-electron chi connectivity index (χ1n) is 7.33. The van der Waals surface area contributed by atoms with Crippen molar-refractivity contribution >= 4 is 38.1 Å². The van der Waals surface area contributed by atoms with Crippen molar-refractivity contribution in [1.82, 2.24) is 4.98 Å². The molecule has 106 valence electrons. The summed E-state index contributed by atoms with van der Waals surface area (Å²) in [5, 5.41) is 4.45. The molecule has 3 nitrogen and oxygen atoms in total. The molecule has 0 aliphatic heterocycles. The smallest absolute Gasteiger partial charge is 0.188 e. The minimum Gasteiger partial charge on any atom is -0.399 e. The molecule has 1 aliphatic carbocycles. The Labute approximate surface area is 127 Å². The van der Waals surface area contributed by atoms with Crippen LogP contribution in [0.4, 0.5) is 16.5 Å². The van der Waals surface area contributed by atoms with Gasteiger partial charge in [-0.15, -0.1) is 0 Å². The normalized spacial score (nSPS) is 14.1. The van der Waals surface area contributed by atoms with E-state index >= 15 is 0 Å². The fourth-order valence-electron chi connectivity index (χ4n) is 3.01. The van der Waals surface area contributed by atoms with E-state index in [1.807, 2.05) is 18.2 Å². The Morgan fingerprint density at radius 1 is 1.10 bits per heavy atom. The Morgan fingerprint density at radius 2 is 2.00 bits per heavy atom. The Bertz CT molecular complexity index is 807. The van der Waals surface area contributed by atoms with Crippen LogP contribution in [-0.4, -0.2) is 4.98 Å². The zero-order valence-electron chi connectivity index (χ0n) is 11.7. The van der Waals surface area contributed by atoms with Gasteiger partial charge in [0, 0.05) is 11.4 Å². The summed E-state index contributed by atoms with van der Waals surface area (Å²) in [5.74, 6) is 0. The lowest BCUT2D eigenvalue weighted by Crippen LogP contribution is -2.05. The summed E-state index contributed by atoms with van der Waals surface area (Å²) in [6.07, 6.45) is 4.94. The van der Waals surface area contributed by atoms with Crippen LogP contribution in [0, 0.1) is 0 Å². The van der Waals surface area contributed by atoms with Gasteiger partial charge < -0.3 is 11.1 Å². The van der Waals surface area contributed by atoms with Crippen molar-refractivity contribution in [2.75, 3.05) is 11.1 Å². The molecule has 21 heavy (non-hydrogen) atoms. The molecule has 3 N–H and O–H groups in total. The third-order valence-electron chi connectivity index (χ3n) is 4.05. The minimum absolute atomic E-state index is 0.787. The average molecular weight is 295 g/mol. The Morgan fingerprint density at radius 3 is 2.95 bits per heavy atom. The van der Waals surface area contributed by atoms with Gasteiger partial charge in [-0.25, -0.2) is 4.98 Å². The summed E-state index contributed by atoms with van der Waals surface area (Å²) < 4.78 is 1.13. The van der Waals surface area contributed by atoms with Gasteiger partial charge in [0.25, 0.3) is 0 Å². The summed E-state index contributed by atoms with van der Waals surface area (Å²) in [6.45, 7) is 0. The monoisotopic (exact) mass is 295 g/mol. The number of nitrogens with zero attached hydrogens (tertiary/aromatic N) is 1. The Balaban J connectivity index is 1.71. The highest BCUT2D eigenvalue weighted by molar-refractivity contribution is 7.22. The summed E-state index contributed by atoms with van der Waals surface area (Å²) in [7, 11) is 0. The molecule has 0 spiro atoms. The number of nitrogens with two attached hydrogens (primary N) is 1. The first-order chi connectivity index (χ1) is 10.3. The zero-order valence-corrected chi connectivity index (χ0v) is 12.5. The molecular formula is C17H17N3S. The number of thiazole rings is 1. The van der Waals surface area contributed by atoms with Gasteiger partial charge in [0.1, 0.15) is 0 Å².